The second-order valence-electron chi connectivity index (χ2n) is 5.40. The van der Waals surface area contributed by atoms with Gasteiger partial charge in [-0.1, -0.05) is 6.92 Å². The third-order valence-corrected chi connectivity index (χ3v) is 4.20. The zero-order valence-electron chi connectivity index (χ0n) is 12.7. The Labute approximate surface area is 141 Å². The number of barbiturate groups is 1. The number of nitrogens with one attached hydrogen (secondary N) is 2. The van der Waals surface area contributed by atoms with Gasteiger partial charge in [0.1, 0.15) is 0 Å². The van der Waals surface area contributed by atoms with E-state index < -0.39 is 76.0 Å². The first-order chi connectivity index (χ1) is 12.1. The first-order valence-electron chi connectivity index (χ1n) is 7.01. The van der Waals surface area contributed by atoms with Crippen LogP contribution in [0.5, 0.6) is 0 Å². The molecule has 136 valence electrons. The number of benzene rings is 1. The molecule has 1 aromatic rings. The van der Waals surface area contributed by atoms with E-state index in [2.05, 4.69) is 0 Å². The van der Waals surface area contributed by atoms with Crippen LogP contribution >= 0.6 is 0 Å². The van der Waals surface area contributed by atoms with Crippen LogP contribution in [0.4, 0.5) is 22.4 Å². The Bertz CT molecular complexity index is 878. The van der Waals surface area contributed by atoms with E-state index in [1.54, 1.807) is 10.6 Å². The summed E-state index contributed by atoms with van der Waals surface area (Å²) in [6, 6.07) is -1.24. The Hall–Kier alpha value is -3.31. The molecular formula is C14H7F4N3O5. The zero-order chi connectivity index (χ0) is 19.5. The topological polar surface area (TPSA) is 113 Å². The van der Waals surface area contributed by atoms with Crippen LogP contribution in [0.15, 0.2) is 0 Å². The molecule has 1 saturated heterocycles. The van der Waals surface area contributed by atoms with Crippen molar-refractivity contribution in [3.63, 3.8) is 0 Å². The first kappa shape index (κ1) is 17.5. The second-order valence-corrected chi connectivity index (χ2v) is 5.40. The quantitative estimate of drug-likeness (QED) is 0.255. The number of imide groups is 3. The van der Waals surface area contributed by atoms with Gasteiger partial charge < -0.3 is 0 Å². The molecule has 0 unspecified atom stereocenters. The summed E-state index contributed by atoms with van der Waals surface area (Å²) >= 11 is 0. The summed E-state index contributed by atoms with van der Waals surface area (Å²) in [6.07, 6.45) is -0.586. The van der Waals surface area contributed by atoms with Crippen molar-refractivity contribution in [2.75, 3.05) is 0 Å². The number of fused-ring (bicyclic) bond motifs is 1. The van der Waals surface area contributed by atoms with Crippen molar-refractivity contribution < 1.29 is 41.5 Å². The molecule has 2 aliphatic rings. The van der Waals surface area contributed by atoms with Crippen molar-refractivity contribution in [3.05, 3.63) is 34.4 Å². The van der Waals surface area contributed by atoms with E-state index in [-0.39, 0.29) is 4.90 Å². The van der Waals surface area contributed by atoms with Gasteiger partial charge >= 0.3 is 6.03 Å². The van der Waals surface area contributed by atoms with E-state index in [9.17, 15) is 41.5 Å². The highest BCUT2D eigenvalue weighted by Crippen LogP contribution is 2.37. The summed E-state index contributed by atoms with van der Waals surface area (Å²) in [7, 11) is 0. The standard InChI is InChI=1S/C14H7F4N3O5/c1-2-14(11(24)19-13(26)20-12(14)25)21-9(22)3-4(10(21)23)6(16)8(18)7(17)5(3)15/h2H2,1H3,(H2,19,20,24,25,26). The van der Waals surface area contributed by atoms with Gasteiger partial charge in [0.05, 0.1) is 11.1 Å². The lowest BCUT2D eigenvalue weighted by Gasteiger charge is -2.38. The lowest BCUT2D eigenvalue weighted by molar-refractivity contribution is -0.144. The number of nitrogens with zero attached hydrogens (tertiary/aromatic N) is 1. The Morgan fingerprint density at radius 2 is 1.15 bits per heavy atom. The minimum Gasteiger partial charge on any atom is -0.275 e. The number of carbonyl (C=O) groups is 5. The van der Waals surface area contributed by atoms with Gasteiger partial charge in [0.25, 0.3) is 23.6 Å². The van der Waals surface area contributed by atoms with Gasteiger partial charge in [0.2, 0.25) is 5.54 Å². The number of urea groups is 1. The average molecular weight is 373 g/mol. The molecule has 1 fully saturated rings. The molecular weight excluding hydrogens is 366 g/mol. The maximum atomic E-state index is 14.0. The predicted molar refractivity (Wildman–Crippen MR) is 71.5 cm³/mol. The molecule has 2 N–H and O–H groups in total. The molecule has 0 spiro atoms. The second kappa shape index (κ2) is 5.34. The van der Waals surface area contributed by atoms with Crippen LogP contribution in [0.3, 0.4) is 0 Å². The van der Waals surface area contributed by atoms with Crippen LogP contribution in [-0.2, 0) is 9.59 Å². The summed E-state index contributed by atoms with van der Waals surface area (Å²) in [5.41, 5.74) is -5.57. The SMILES string of the molecule is CCC1(N2C(=O)c3c(F)c(F)c(F)c(F)c3C2=O)C(=O)NC(=O)NC1=O. The summed E-state index contributed by atoms with van der Waals surface area (Å²) in [5.74, 6) is -15.2. The number of hydrogen-bond acceptors (Lipinski definition) is 5. The van der Waals surface area contributed by atoms with E-state index in [4.69, 9.17) is 0 Å². The summed E-state index contributed by atoms with van der Waals surface area (Å²) in [6.45, 7) is 1.17. The molecule has 3 rings (SSSR count). The Balaban J connectivity index is 2.27. The Kier molecular flexibility index (Phi) is 3.60. The van der Waals surface area contributed by atoms with Crippen molar-refractivity contribution in [3.8, 4) is 0 Å². The summed E-state index contributed by atoms with van der Waals surface area (Å²) in [5, 5.41) is 3.31. The summed E-state index contributed by atoms with van der Waals surface area (Å²) < 4.78 is 54.8. The van der Waals surface area contributed by atoms with Gasteiger partial charge in [0.15, 0.2) is 23.3 Å². The molecule has 0 bridgehead atoms. The largest absolute Gasteiger partial charge is 0.328 e. The fourth-order valence-corrected chi connectivity index (χ4v) is 2.93. The van der Waals surface area contributed by atoms with E-state index in [0.717, 1.165) is 0 Å². The van der Waals surface area contributed by atoms with Gasteiger partial charge in [-0.3, -0.25) is 29.8 Å². The van der Waals surface area contributed by atoms with Crippen molar-refractivity contribution in [1.29, 1.82) is 0 Å². The molecule has 6 amide bonds. The predicted octanol–water partition coefficient (Wildman–Crippen LogP) is 0.354. The molecule has 0 aromatic heterocycles. The molecule has 2 heterocycles. The maximum Gasteiger partial charge on any atom is 0.328 e. The van der Waals surface area contributed by atoms with E-state index in [0.29, 0.717) is 0 Å². The molecule has 0 atom stereocenters. The molecule has 8 nitrogen and oxygen atoms in total. The Morgan fingerprint density at radius 3 is 1.50 bits per heavy atom. The number of hydrogen-bond donors (Lipinski definition) is 2. The van der Waals surface area contributed by atoms with Crippen molar-refractivity contribution in [2.45, 2.75) is 18.9 Å². The normalized spacial score (nSPS) is 18.8. The number of carbonyl (C=O) groups excluding carboxylic acids is 5. The highest BCUT2D eigenvalue weighted by Gasteiger charge is 2.61. The smallest absolute Gasteiger partial charge is 0.275 e. The molecule has 0 aliphatic carbocycles. The molecule has 1 aromatic carbocycles. The van der Waals surface area contributed by atoms with Crippen LogP contribution in [0.1, 0.15) is 34.1 Å². The van der Waals surface area contributed by atoms with Crippen molar-refractivity contribution in [1.82, 2.24) is 15.5 Å². The van der Waals surface area contributed by atoms with Crippen LogP contribution in [0.2, 0.25) is 0 Å². The van der Waals surface area contributed by atoms with Gasteiger partial charge in [0, 0.05) is 0 Å². The van der Waals surface area contributed by atoms with Gasteiger partial charge in [-0.25, -0.2) is 27.3 Å². The lowest BCUT2D eigenvalue weighted by Crippen LogP contribution is -2.73. The molecule has 12 heteroatoms. The van der Waals surface area contributed by atoms with Gasteiger partial charge in [-0.2, -0.15) is 0 Å². The van der Waals surface area contributed by atoms with Crippen molar-refractivity contribution in [2.24, 2.45) is 0 Å². The summed E-state index contributed by atoms with van der Waals surface area (Å²) in [4.78, 5) is 60.4. The number of halogens is 4. The van der Waals surface area contributed by atoms with Crippen LogP contribution in [0, 0.1) is 23.3 Å². The molecule has 0 radical (unpaired) electrons. The lowest BCUT2D eigenvalue weighted by atomic mass is 9.89. The third kappa shape index (κ3) is 1.86. The van der Waals surface area contributed by atoms with Crippen LogP contribution in [-0.4, -0.2) is 40.1 Å². The minimum absolute atomic E-state index is 0.111. The van der Waals surface area contributed by atoms with Gasteiger partial charge in [-0.05, 0) is 6.42 Å². The van der Waals surface area contributed by atoms with E-state index in [1.807, 2.05) is 0 Å². The average Bonchev–Trinajstić information content (AvgIpc) is 2.83. The van der Waals surface area contributed by atoms with Crippen LogP contribution < -0.4 is 10.6 Å². The van der Waals surface area contributed by atoms with Crippen LogP contribution in [0.25, 0.3) is 0 Å². The number of amides is 6. The monoisotopic (exact) mass is 373 g/mol. The fraction of sp³-hybridized carbons (Fsp3) is 0.214. The third-order valence-electron chi connectivity index (χ3n) is 4.20. The highest BCUT2D eigenvalue weighted by atomic mass is 19.2. The minimum atomic E-state index is -2.67. The fourth-order valence-electron chi connectivity index (χ4n) is 2.93. The highest BCUT2D eigenvalue weighted by molar-refractivity contribution is 6.31. The first-order valence-corrected chi connectivity index (χ1v) is 7.01. The molecule has 26 heavy (non-hydrogen) atoms. The molecule has 2 aliphatic heterocycles. The van der Waals surface area contributed by atoms with E-state index in [1.165, 1.54) is 6.92 Å². The van der Waals surface area contributed by atoms with Crippen molar-refractivity contribution >= 4 is 29.7 Å². The molecule has 0 saturated carbocycles. The Morgan fingerprint density at radius 1 is 0.769 bits per heavy atom. The maximum absolute atomic E-state index is 14.0. The van der Waals surface area contributed by atoms with Gasteiger partial charge in [-0.15, -0.1) is 0 Å². The zero-order valence-corrected chi connectivity index (χ0v) is 12.7. The van der Waals surface area contributed by atoms with E-state index >= 15 is 0 Å². The number of rotatable bonds is 2.